The average molecular weight is 307 g/mol. The van der Waals surface area contributed by atoms with E-state index in [2.05, 4.69) is 15.9 Å². The van der Waals surface area contributed by atoms with Crippen LogP contribution in [0.5, 0.6) is 0 Å². The molecule has 0 aliphatic heterocycles. The van der Waals surface area contributed by atoms with Gasteiger partial charge in [-0.2, -0.15) is 0 Å². The van der Waals surface area contributed by atoms with Crippen LogP contribution in [-0.4, -0.2) is 5.78 Å². The third-order valence-corrected chi connectivity index (χ3v) is 3.29. The molecule has 2 rings (SSSR count). The SMILES string of the molecule is Cc1cc(C)c(C(=O)c2ccc(Br)cc2)c(F)c1. The van der Waals surface area contributed by atoms with Crippen LogP contribution < -0.4 is 0 Å². The van der Waals surface area contributed by atoms with E-state index in [0.29, 0.717) is 11.1 Å². The molecule has 0 fully saturated rings. The van der Waals surface area contributed by atoms with E-state index in [1.165, 1.54) is 6.07 Å². The maximum absolute atomic E-state index is 13.9. The lowest BCUT2D eigenvalue weighted by Crippen LogP contribution is -2.07. The highest BCUT2D eigenvalue weighted by atomic mass is 79.9. The van der Waals surface area contributed by atoms with Gasteiger partial charge < -0.3 is 0 Å². The molecule has 2 aromatic rings. The number of benzene rings is 2. The van der Waals surface area contributed by atoms with Crippen LogP contribution in [0.4, 0.5) is 4.39 Å². The minimum absolute atomic E-state index is 0.155. The molecule has 0 radical (unpaired) electrons. The second-order valence-corrected chi connectivity index (χ2v) is 5.19. The summed E-state index contributed by atoms with van der Waals surface area (Å²) in [7, 11) is 0. The highest BCUT2D eigenvalue weighted by Gasteiger charge is 2.16. The Morgan fingerprint density at radius 2 is 1.72 bits per heavy atom. The maximum atomic E-state index is 13.9. The van der Waals surface area contributed by atoms with Crippen LogP contribution >= 0.6 is 15.9 Å². The van der Waals surface area contributed by atoms with Crippen LogP contribution in [-0.2, 0) is 0 Å². The zero-order valence-electron chi connectivity index (χ0n) is 10.1. The molecule has 0 unspecified atom stereocenters. The van der Waals surface area contributed by atoms with E-state index in [1.54, 1.807) is 31.2 Å². The molecule has 0 amide bonds. The molecule has 3 heteroatoms. The molecular weight excluding hydrogens is 295 g/mol. The van der Waals surface area contributed by atoms with Crippen molar-refractivity contribution in [2.45, 2.75) is 13.8 Å². The van der Waals surface area contributed by atoms with Gasteiger partial charge in [0.25, 0.3) is 0 Å². The molecule has 0 aliphatic rings. The first-order valence-corrected chi connectivity index (χ1v) is 6.35. The highest BCUT2D eigenvalue weighted by molar-refractivity contribution is 9.10. The lowest BCUT2D eigenvalue weighted by atomic mass is 9.97. The fraction of sp³-hybridized carbons (Fsp3) is 0.133. The van der Waals surface area contributed by atoms with Crippen LogP contribution in [0.1, 0.15) is 27.0 Å². The Labute approximate surface area is 114 Å². The van der Waals surface area contributed by atoms with Gasteiger partial charge in [0, 0.05) is 10.0 Å². The van der Waals surface area contributed by atoms with Gasteiger partial charge in [-0.05, 0) is 55.3 Å². The first kappa shape index (κ1) is 13.0. The van der Waals surface area contributed by atoms with Crippen molar-refractivity contribution in [1.82, 2.24) is 0 Å². The normalized spacial score (nSPS) is 10.4. The minimum atomic E-state index is -0.458. The van der Waals surface area contributed by atoms with Crippen molar-refractivity contribution >= 4 is 21.7 Å². The standard InChI is InChI=1S/C15H12BrFO/c1-9-7-10(2)14(13(17)8-9)15(18)11-3-5-12(16)6-4-11/h3-8H,1-2H3. The van der Waals surface area contributed by atoms with E-state index >= 15 is 0 Å². The Morgan fingerprint density at radius 1 is 1.11 bits per heavy atom. The van der Waals surface area contributed by atoms with Gasteiger partial charge in [-0.25, -0.2) is 4.39 Å². The first-order valence-electron chi connectivity index (χ1n) is 5.56. The summed E-state index contributed by atoms with van der Waals surface area (Å²) in [6, 6.07) is 10.1. The minimum Gasteiger partial charge on any atom is -0.288 e. The summed E-state index contributed by atoms with van der Waals surface area (Å²) < 4.78 is 14.8. The quantitative estimate of drug-likeness (QED) is 0.750. The van der Waals surface area contributed by atoms with Crippen LogP contribution in [0.15, 0.2) is 40.9 Å². The fourth-order valence-corrected chi connectivity index (χ4v) is 2.21. The van der Waals surface area contributed by atoms with Gasteiger partial charge in [-0.3, -0.25) is 4.79 Å². The number of carbonyl (C=O) groups excluding carboxylic acids is 1. The van der Waals surface area contributed by atoms with Gasteiger partial charge in [0.05, 0.1) is 5.56 Å². The lowest BCUT2D eigenvalue weighted by Gasteiger charge is -2.08. The number of hydrogen-bond acceptors (Lipinski definition) is 1. The van der Waals surface area contributed by atoms with E-state index in [9.17, 15) is 9.18 Å². The molecule has 0 heterocycles. The molecule has 0 aliphatic carbocycles. The number of aryl methyl sites for hydroxylation is 2. The average Bonchev–Trinajstić information content (AvgIpc) is 2.28. The molecule has 0 atom stereocenters. The van der Waals surface area contributed by atoms with Gasteiger partial charge >= 0.3 is 0 Å². The third-order valence-electron chi connectivity index (χ3n) is 2.77. The van der Waals surface area contributed by atoms with Crippen molar-refractivity contribution in [2.75, 3.05) is 0 Å². The Morgan fingerprint density at radius 3 is 2.28 bits per heavy atom. The summed E-state index contributed by atoms with van der Waals surface area (Å²) in [5, 5.41) is 0. The molecule has 0 saturated heterocycles. The largest absolute Gasteiger partial charge is 0.288 e. The van der Waals surface area contributed by atoms with E-state index in [1.807, 2.05) is 13.0 Å². The lowest BCUT2D eigenvalue weighted by molar-refractivity contribution is 0.103. The molecule has 0 aromatic heterocycles. The van der Waals surface area contributed by atoms with E-state index in [0.717, 1.165) is 10.0 Å². The van der Waals surface area contributed by atoms with Crippen molar-refractivity contribution in [3.8, 4) is 0 Å². The van der Waals surface area contributed by atoms with Gasteiger partial charge in [0.1, 0.15) is 5.82 Å². The molecule has 0 bridgehead atoms. The monoisotopic (exact) mass is 306 g/mol. The zero-order valence-corrected chi connectivity index (χ0v) is 11.7. The van der Waals surface area contributed by atoms with Gasteiger partial charge in [-0.1, -0.05) is 22.0 Å². The van der Waals surface area contributed by atoms with Crippen molar-refractivity contribution in [2.24, 2.45) is 0 Å². The summed E-state index contributed by atoms with van der Waals surface area (Å²) in [5.74, 6) is -0.738. The number of ketones is 1. The van der Waals surface area contributed by atoms with Crippen LogP contribution in [0.3, 0.4) is 0 Å². The summed E-state index contributed by atoms with van der Waals surface area (Å²) in [6.45, 7) is 3.56. The summed E-state index contributed by atoms with van der Waals surface area (Å²) in [5.41, 5.74) is 2.13. The summed E-state index contributed by atoms with van der Waals surface area (Å²) in [6.07, 6.45) is 0. The fourth-order valence-electron chi connectivity index (χ4n) is 1.95. The molecule has 92 valence electrons. The van der Waals surface area contributed by atoms with Crippen LogP contribution in [0, 0.1) is 19.7 Å². The molecule has 0 spiro atoms. The van der Waals surface area contributed by atoms with Crippen molar-refractivity contribution in [3.05, 3.63) is 68.9 Å². The van der Waals surface area contributed by atoms with Gasteiger partial charge in [0.15, 0.2) is 5.78 Å². The molecular formula is C15H12BrFO. The highest BCUT2D eigenvalue weighted by Crippen LogP contribution is 2.20. The molecule has 2 aromatic carbocycles. The maximum Gasteiger partial charge on any atom is 0.196 e. The van der Waals surface area contributed by atoms with E-state index in [4.69, 9.17) is 0 Å². The molecule has 0 saturated carbocycles. The topological polar surface area (TPSA) is 17.1 Å². The third kappa shape index (κ3) is 2.51. The number of carbonyl (C=O) groups is 1. The molecule has 1 nitrogen and oxygen atoms in total. The van der Waals surface area contributed by atoms with Crippen molar-refractivity contribution in [1.29, 1.82) is 0 Å². The Hall–Kier alpha value is -1.48. The Kier molecular flexibility index (Phi) is 3.62. The second-order valence-electron chi connectivity index (χ2n) is 4.27. The smallest absolute Gasteiger partial charge is 0.196 e. The summed E-state index contributed by atoms with van der Waals surface area (Å²) >= 11 is 3.30. The zero-order chi connectivity index (χ0) is 13.3. The second kappa shape index (κ2) is 5.02. The Bertz CT molecular complexity index is 579. The van der Waals surface area contributed by atoms with E-state index < -0.39 is 5.82 Å². The number of rotatable bonds is 2. The van der Waals surface area contributed by atoms with Crippen LogP contribution in [0.2, 0.25) is 0 Å². The van der Waals surface area contributed by atoms with Gasteiger partial charge in [0.2, 0.25) is 0 Å². The number of halogens is 2. The van der Waals surface area contributed by atoms with Crippen molar-refractivity contribution in [3.63, 3.8) is 0 Å². The number of hydrogen-bond donors (Lipinski definition) is 0. The molecule has 0 N–H and O–H groups in total. The van der Waals surface area contributed by atoms with Crippen molar-refractivity contribution < 1.29 is 9.18 Å². The van der Waals surface area contributed by atoms with Gasteiger partial charge in [-0.15, -0.1) is 0 Å². The molecule has 18 heavy (non-hydrogen) atoms. The Balaban J connectivity index is 2.49. The predicted octanol–water partition coefficient (Wildman–Crippen LogP) is 4.44. The predicted molar refractivity (Wildman–Crippen MR) is 73.4 cm³/mol. The van der Waals surface area contributed by atoms with E-state index in [-0.39, 0.29) is 11.3 Å². The van der Waals surface area contributed by atoms with Crippen LogP contribution in [0.25, 0.3) is 0 Å². The first-order chi connectivity index (χ1) is 8.49. The summed E-state index contributed by atoms with van der Waals surface area (Å²) in [4.78, 5) is 12.3.